The first-order valence-electron chi connectivity index (χ1n) is 10.6. The lowest BCUT2D eigenvalue weighted by atomic mass is 10.0. The van der Waals surface area contributed by atoms with E-state index in [4.69, 9.17) is 9.29 Å². The van der Waals surface area contributed by atoms with Crippen LogP contribution in [0.3, 0.4) is 0 Å². The lowest BCUT2D eigenvalue weighted by Gasteiger charge is -2.05. The van der Waals surface area contributed by atoms with Gasteiger partial charge in [-0.1, -0.05) is 51.9 Å². The third-order valence-corrected chi connectivity index (χ3v) is 5.62. The van der Waals surface area contributed by atoms with Crippen LogP contribution in [0.5, 0.6) is 5.75 Å². The van der Waals surface area contributed by atoms with Crippen LogP contribution in [0.4, 0.5) is 0 Å². The van der Waals surface area contributed by atoms with E-state index in [9.17, 15) is 18.0 Å². The largest absolute Gasteiger partial charge is 0.427 e. The second kappa shape index (κ2) is 14.3. The lowest BCUT2D eigenvalue weighted by molar-refractivity contribution is -0.134. The maximum absolute atomic E-state index is 11.8. The van der Waals surface area contributed by atoms with E-state index in [-0.39, 0.29) is 23.0 Å². The summed E-state index contributed by atoms with van der Waals surface area (Å²) < 4.78 is 36.0. The number of benzene rings is 1. The number of hydrogen-bond acceptors (Lipinski definition) is 5. The highest BCUT2D eigenvalue weighted by Gasteiger charge is 2.10. The number of rotatable bonds is 16. The molecule has 1 rings (SSSR count). The number of ether oxygens (including phenoxy) is 1. The third kappa shape index (κ3) is 12.4. The Morgan fingerprint density at radius 3 is 1.79 bits per heavy atom. The van der Waals surface area contributed by atoms with Crippen LogP contribution in [0.15, 0.2) is 29.2 Å². The number of unbranched alkanes of at least 4 members (excludes halogenated alkanes) is 8. The van der Waals surface area contributed by atoms with Crippen LogP contribution in [-0.2, 0) is 19.7 Å². The summed E-state index contributed by atoms with van der Waals surface area (Å²) in [6, 6.07) is 5.02. The molecule has 29 heavy (non-hydrogen) atoms. The first kappa shape index (κ1) is 25.3. The Bertz CT molecular complexity index is 709. The minimum absolute atomic E-state index is 0.239. The van der Waals surface area contributed by atoms with Gasteiger partial charge in [0.25, 0.3) is 10.1 Å². The molecule has 6 nitrogen and oxygen atoms in total. The van der Waals surface area contributed by atoms with Crippen LogP contribution >= 0.6 is 0 Å². The summed E-state index contributed by atoms with van der Waals surface area (Å²) in [6.07, 6.45) is 12.1. The van der Waals surface area contributed by atoms with Gasteiger partial charge in [0.15, 0.2) is 0 Å². The molecule has 1 aromatic rings. The molecule has 0 bridgehead atoms. The normalized spacial score (nSPS) is 11.4. The molecule has 0 aliphatic heterocycles. The fourth-order valence-electron chi connectivity index (χ4n) is 3.03. The summed E-state index contributed by atoms with van der Waals surface area (Å²) in [7, 11) is -4.25. The number of carbonyl (C=O) groups excluding carboxylic acids is 2. The molecule has 0 saturated carbocycles. The molecule has 0 amide bonds. The molecule has 0 aromatic heterocycles. The summed E-state index contributed by atoms with van der Waals surface area (Å²) in [5.74, 6) is 0.194. The van der Waals surface area contributed by atoms with E-state index in [1.54, 1.807) is 0 Å². The summed E-state index contributed by atoms with van der Waals surface area (Å²) >= 11 is 0. The Kier molecular flexibility index (Phi) is 12.5. The molecule has 0 unspecified atom stereocenters. The third-order valence-electron chi connectivity index (χ3n) is 4.75. The van der Waals surface area contributed by atoms with Gasteiger partial charge in [0, 0.05) is 19.3 Å². The van der Waals surface area contributed by atoms with Crippen molar-refractivity contribution in [2.45, 2.75) is 95.3 Å². The minimum Gasteiger partial charge on any atom is -0.427 e. The van der Waals surface area contributed by atoms with Crippen molar-refractivity contribution in [1.82, 2.24) is 0 Å². The summed E-state index contributed by atoms with van der Waals surface area (Å²) in [6.45, 7) is 2.19. The molecular formula is C22H34O6S. The van der Waals surface area contributed by atoms with E-state index in [1.165, 1.54) is 49.9 Å². The van der Waals surface area contributed by atoms with Gasteiger partial charge in [0.1, 0.15) is 11.5 Å². The van der Waals surface area contributed by atoms with Gasteiger partial charge >= 0.3 is 5.97 Å². The van der Waals surface area contributed by atoms with Crippen molar-refractivity contribution in [2.75, 3.05) is 0 Å². The number of esters is 1. The second-order valence-corrected chi connectivity index (χ2v) is 8.81. The predicted molar refractivity (Wildman–Crippen MR) is 113 cm³/mol. The summed E-state index contributed by atoms with van der Waals surface area (Å²) in [5.41, 5.74) is 0. The highest BCUT2D eigenvalue weighted by molar-refractivity contribution is 7.85. The average Bonchev–Trinajstić information content (AvgIpc) is 2.67. The van der Waals surface area contributed by atoms with Crippen LogP contribution in [-0.4, -0.2) is 24.7 Å². The molecule has 0 aliphatic rings. The lowest BCUT2D eigenvalue weighted by Crippen LogP contribution is -2.07. The van der Waals surface area contributed by atoms with Crippen molar-refractivity contribution in [3.63, 3.8) is 0 Å². The molecule has 0 aliphatic carbocycles. The van der Waals surface area contributed by atoms with Gasteiger partial charge in [-0.25, -0.2) is 0 Å². The molecular weight excluding hydrogens is 392 g/mol. The molecule has 0 saturated heterocycles. The SMILES string of the molecule is CCCCCCCCC(=O)CCCCCCC(=O)Oc1ccc(S(=O)(=O)O)cc1. The molecule has 1 aromatic carbocycles. The summed E-state index contributed by atoms with van der Waals surface area (Å²) in [4.78, 5) is 23.4. The maximum atomic E-state index is 11.8. The van der Waals surface area contributed by atoms with E-state index in [2.05, 4.69) is 6.92 Å². The van der Waals surface area contributed by atoms with Gasteiger partial charge in [-0.2, -0.15) is 8.42 Å². The zero-order valence-electron chi connectivity index (χ0n) is 17.4. The Morgan fingerprint density at radius 1 is 0.793 bits per heavy atom. The highest BCUT2D eigenvalue weighted by atomic mass is 32.2. The van der Waals surface area contributed by atoms with Gasteiger partial charge in [-0.05, 0) is 43.5 Å². The Hall–Kier alpha value is -1.73. The molecule has 0 fully saturated rings. The van der Waals surface area contributed by atoms with Gasteiger partial charge in [0.05, 0.1) is 4.90 Å². The predicted octanol–water partition coefficient (Wildman–Crippen LogP) is 5.50. The quantitative estimate of drug-likeness (QED) is 0.162. The van der Waals surface area contributed by atoms with Crippen LogP contribution in [0.2, 0.25) is 0 Å². The molecule has 0 atom stereocenters. The van der Waals surface area contributed by atoms with Crippen LogP contribution in [0.25, 0.3) is 0 Å². The molecule has 0 spiro atoms. The number of carbonyl (C=O) groups is 2. The van der Waals surface area contributed by atoms with Gasteiger partial charge < -0.3 is 4.74 Å². The van der Waals surface area contributed by atoms with Crippen molar-refractivity contribution in [3.8, 4) is 5.75 Å². The van der Waals surface area contributed by atoms with Gasteiger partial charge in [-0.3, -0.25) is 14.1 Å². The van der Waals surface area contributed by atoms with E-state index in [0.717, 1.165) is 32.1 Å². The fraction of sp³-hybridized carbons (Fsp3) is 0.636. The van der Waals surface area contributed by atoms with E-state index >= 15 is 0 Å². The molecule has 1 N–H and O–H groups in total. The summed E-state index contributed by atoms with van der Waals surface area (Å²) in [5, 5.41) is 0. The van der Waals surface area contributed by atoms with Crippen molar-refractivity contribution < 1.29 is 27.3 Å². The average molecular weight is 427 g/mol. The topological polar surface area (TPSA) is 97.7 Å². The zero-order chi connectivity index (χ0) is 21.5. The number of ketones is 1. The monoisotopic (exact) mass is 426 g/mol. The number of Topliss-reactive ketones (excluding diaryl/α,β-unsaturated/α-hetero) is 1. The van der Waals surface area contributed by atoms with Crippen molar-refractivity contribution in [2.24, 2.45) is 0 Å². The fourth-order valence-corrected chi connectivity index (χ4v) is 3.51. The standard InChI is InChI=1S/C22H34O6S/c1-2-3-4-5-6-9-12-19(23)13-10-7-8-11-14-22(24)28-20-15-17-21(18-16-20)29(25,26)27/h15-18H,2-14H2,1H3,(H,25,26,27). The maximum Gasteiger partial charge on any atom is 0.311 e. The number of hydrogen-bond donors (Lipinski definition) is 1. The van der Waals surface area contributed by atoms with Crippen molar-refractivity contribution in [3.05, 3.63) is 24.3 Å². The second-order valence-electron chi connectivity index (χ2n) is 7.39. The Balaban J connectivity index is 2.05. The first-order valence-corrected chi connectivity index (χ1v) is 12.1. The molecule has 7 heteroatoms. The van der Waals surface area contributed by atoms with Crippen molar-refractivity contribution in [1.29, 1.82) is 0 Å². The van der Waals surface area contributed by atoms with Crippen molar-refractivity contribution >= 4 is 21.9 Å². The highest BCUT2D eigenvalue weighted by Crippen LogP contribution is 2.17. The molecule has 0 radical (unpaired) electrons. The van der Waals surface area contributed by atoms with Crippen LogP contribution in [0, 0.1) is 0 Å². The minimum atomic E-state index is -4.25. The molecule has 164 valence electrons. The van der Waals surface area contributed by atoms with Crippen LogP contribution < -0.4 is 4.74 Å². The van der Waals surface area contributed by atoms with Crippen LogP contribution in [0.1, 0.15) is 90.4 Å². The Morgan fingerprint density at radius 2 is 1.28 bits per heavy atom. The van der Waals surface area contributed by atoms with E-state index < -0.39 is 10.1 Å². The first-order chi connectivity index (χ1) is 13.8. The van der Waals surface area contributed by atoms with E-state index in [0.29, 0.717) is 25.0 Å². The molecule has 0 heterocycles. The Labute approximate surface area is 174 Å². The van der Waals surface area contributed by atoms with Gasteiger partial charge in [0.2, 0.25) is 0 Å². The van der Waals surface area contributed by atoms with E-state index in [1.807, 2.05) is 0 Å². The smallest absolute Gasteiger partial charge is 0.311 e. The zero-order valence-corrected chi connectivity index (χ0v) is 18.2. The van der Waals surface area contributed by atoms with Gasteiger partial charge in [-0.15, -0.1) is 0 Å².